The van der Waals surface area contributed by atoms with Crippen LogP contribution < -0.4 is 10.6 Å². The van der Waals surface area contributed by atoms with Crippen LogP contribution in [-0.2, 0) is 11.3 Å². The van der Waals surface area contributed by atoms with Crippen molar-refractivity contribution in [1.82, 2.24) is 15.2 Å². The van der Waals surface area contributed by atoms with Gasteiger partial charge in [-0.25, -0.2) is 4.39 Å². The summed E-state index contributed by atoms with van der Waals surface area (Å²) < 4.78 is 14.5. The maximum Gasteiger partial charge on any atom is 0.257 e. The van der Waals surface area contributed by atoms with Crippen molar-refractivity contribution in [2.45, 2.75) is 38.8 Å². The molecule has 0 spiro atoms. The van der Waals surface area contributed by atoms with Gasteiger partial charge in [-0.3, -0.25) is 14.6 Å². The van der Waals surface area contributed by atoms with Crippen LogP contribution >= 0.6 is 12.4 Å². The number of carbonyl (C=O) groups excluding carboxylic acids is 2. The van der Waals surface area contributed by atoms with Gasteiger partial charge in [-0.15, -0.1) is 12.4 Å². The lowest BCUT2D eigenvalue weighted by Crippen LogP contribution is -2.41. The van der Waals surface area contributed by atoms with Crippen LogP contribution in [0.5, 0.6) is 0 Å². The zero-order valence-electron chi connectivity index (χ0n) is 16.4. The van der Waals surface area contributed by atoms with Gasteiger partial charge in [0.25, 0.3) is 5.91 Å². The Kier molecular flexibility index (Phi) is 8.54. The summed E-state index contributed by atoms with van der Waals surface area (Å²) in [4.78, 5) is 30.7. The Balaban J connectivity index is 0.00000300. The molecule has 2 N–H and O–H groups in total. The van der Waals surface area contributed by atoms with Crippen molar-refractivity contribution in [3.05, 3.63) is 59.7 Å². The highest BCUT2D eigenvalue weighted by atomic mass is 35.5. The molecule has 0 radical (unpaired) electrons. The van der Waals surface area contributed by atoms with Crippen molar-refractivity contribution in [2.24, 2.45) is 0 Å². The van der Waals surface area contributed by atoms with Crippen molar-refractivity contribution >= 4 is 29.9 Å². The lowest BCUT2D eigenvalue weighted by molar-refractivity contribution is -0.114. The van der Waals surface area contributed by atoms with Crippen LogP contribution in [0.1, 0.15) is 42.2 Å². The Morgan fingerprint density at radius 1 is 1.24 bits per heavy atom. The van der Waals surface area contributed by atoms with Crippen LogP contribution in [0, 0.1) is 5.82 Å². The van der Waals surface area contributed by atoms with Crippen LogP contribution in [-0.4, -0.2) is 40.8 Å². The number of nitrogens with zero attached hydrogens (tertiary/aromatic N) is 2. The Hall–Kier alpha value is -2.51. The molecule has 2 amide bonds. The second-order valence-electron chi connectivity index (χ2n) is 6.96. The minimum absolute atomic E-state index is 0. The summed E-state index contributed by atoms with van der Waals surface area (Å²) >= 11 is 0. The van der Waals surface area contributed by atoms with Crippen LogP contribution in [0.2, 0.25) is 0 Å². The van der Waals surface area contributed by atoms with Crippen molar-refractivity contribution in [2.75, 3.05) is 18.4 Å². The van der Waals surface area contributed by atoms with E-state index in [0.717, 1.165) is 38.0 Å². The van der Waals surface area contributed by atoms with Gasteiger partial charge in [0, 0.05) is 24.8 Å². The number of amides is 2. The average Bonchev–Trinajstić information content (AvgIpc) is 2.97. The summed E-state index contributed by atoms with van der Waals surface area (Å²) in [5, 5.41) is 5.95. The molecule has 0 saturated carbocycles. The molecule has 1 fully saturated rings. The first-order chi connectivity index (χ1) is 13.5. The Morgan fingerprint density at radius 2 is 2.07 bits per heavy atom. The predicted octanol–water partition coefficient (Wildman–Crippen LogP) is 3.39. The summed E-state index contributed by atoms with van der Waals surface area (Å²) in [5.74, 6) is -1.26. The normalized spacial score (nSPS) is 16.3. The SMILES string of the molecule is CC(=O)Nc1ccc(F)c(C(=O)N(Cc2ccccn2)C2CCCNCC2)c1.Cl. The topological polar surface area (TPSA) is 74.3 Å². The number of benzene rings is 1. The van der Waals surface area contributed by atoms with Crippen LogP contribution in [0.3, 0.4) is 0 Å². The summed E-state index contributed by atoms with van der Waals surface area (Å²) in [5.41, 5.74) is 1.11. The van der Waals surface area contributed by atoms with Crippen molar-refractivity contribution in [3.8, 4) is 0 Å². The molecule has 3 rings (SSSR count). The maximum absolute atomic E-state index is 14.5. The lowest BCUT2D eigenvalue weighted by atomic mass is 10.0. The van der Waals surface area contributed by atoms with Crippen LogP contribution in [0.4, 0.5) is 10.1 Å². The van der Waals surface area contributed by atoms with E-state index in [2.05, 4.69) is 15.6 Å². The average molecular weight is 421 g/mol. The van der Waals surface area contributed by atoms with E-state index in [1.54, 1.807) is 11.1 Å². The molecule has 1 aromatic heterocycles. The predicted molar refractivity (Wildman–Crippen MR) is 113 cm³/mol. The molecule has 1 saturated heterocycles. The van der Waals surface area contributed by atoms with Crippen molar-refractivity contribution in [3.63, 3.8) is 0 Å². The molecule has 0 bridgehead atoms. The van der Waals surface area contributed by atoms with E-state index in [0.29, 0.717) is 12.2 Å². The summed E-state index contributed by atoms with van der Waals surface area (Å²) in [6, 6.07) is 9.62. The number of halogens is 2. The Morgan fingerprint density at radius 3 is 2.79 bits per heavy atom. The van der Waals surface area contributed by atoms with E-state index >= 15 is 0 Å². The van der Waals surface area contributed by atoms with E-state index in [-0.39, 0.29) is 35.8 Å². The number of rotatable bonds is 5. The van der Waals surface area contributed by atoms with Gasteiger partial charge in [0.2, 0.25) is 5.91 Å². The summed E-state index contributed by atoms with van der Waals surface area (Å²) in [7, 11) is 0. The molecule has 1 unspecified atom stereocenters. The summed E-state index contributed by atoms with van der Waals surface area (Å²) in [6.45, 7) is 3.41. The number of pyridine rings is 1. The summed E-state index contributed by atoms with van der Waals surface area (Å²) in [6.07, 6.45) is 4.28. The maximum atomic E-state index is 14.5. The minimum atomic E-state index is -0.600. The highest BCUT2D eigenvalue weighted by Crippen LogP contribution is 2.23. The largest absolute Gasteiger partial charge is 0.330 e. The Bertz CT molecular complexity index is 827. The molecular weight excluding hydrogens is 395 g/mol. The number of aromatic nitrogens is 1. The van der Waals surface area contributed by atoms with Gasteiger partial charge in [-0.2, -0.15) is 0 Å². The first-order valence-electron chi connectivity index (χ1n) is 9.53. The van der Waals surface area contributed by atoms with Gasteiger partial charge in [-0.05, 0) is 62.7 Å². The number of hydrogen-bond donors (Lipinski definition) is 2. The molecule has 29 heavy (non-hydrogen) atoms. The van der Waals surface area contributed by atoms with Crippen molar-refractivity contribution in [1.29, 1.82) is 0 Å². The van der Waals surface area contributed by atoms with E-state index in [1.807, 2.05) is 18.2 Å². The number of anilines is 1. The molecular formula is C21H26ClFN4O2. The number of carbonyl (C=O) groups is 2. The molecule has 1 aliphatic rings. The minimum Gasteiger partial charge on any atom is -0.330 e. The number of hydrogen-bond acceptors (Lipinski definition) is 4. The second-order valence-corrected chi connectivity index (χ2v) is 6.96. The Labute approximate surface area is 176 Å². The molecule has 156 valence electrons. The van der Waals surface area contributed by atoms with Gasteiger partial charge in [0.05, 0.1) is 17.8 Å². The van der Waals surface area contributed by atoms with Gasteiger partial charge in [0.1, 0.15) is 5.82 Å². The van der Waals surface area contributed by atoms with Gasteiger partial charge in [-0.1, -0.05) is 6.07 Å². The molecule has 1 aliphatic heterocycles. The third kappa shape index (κ3) is 6.24. The molecule has 8 heteroatoms. The zero-order valence-corrected chi connectivity index (χ0v) is 17.2. The third-order valence-corrected chi connectivity index (χ3v) is 4.82. The number of nitrogens with one attached hydrogen (secondary N) is 2. The monoisotopic (exact) mass is 420 g/mol. The highest BCUT2D eigenvalue weighted by molar-refractivity contribution is 5.97. The lowest BCUT2D eigenvalue weighted by Gasteiger charge is -2.31. The van der Waals surface area contributed by atoms with Crippen LogP contribution in [0.15, 0.2) is 42.6 Å². The first kappa shape index (κ1) is 22.8. The fraction of sp³-hybridized carbons (Fsp3) is 0.381. The van der Waals surface area contributed by atoms with E-state index in [9.17, 15) is 14.0 Å². The van der Waals surface area contributed by atoms with Crippen molar-refractivity contribution < 1.29 is 14.0 Å². The molecule has 1 atom stereocenters. The quantitative estimate of drug-likeness (QED) is 0.777. The standard InChI is InChI=1S/C21H25FN4O2.ClH/c1-15(27)25-16-7-8-20(22)19(13-16)21(28)26(14-17-5-2-3-11-24-17)18-6-4-10-23-12-9-18;/h2-3,5,7-8,11,13,18,23H,4,6,9-10,12,14H2,1H3,(H,25,27);1H. The smallest absolute Gasteiger partial charge is 0.257 e. The molecule has 0 aliphatic carbocycles. The zero-order chi connectivity index (χ0) is 19.9. The molecule has 2 heterocycles. The van der Waals surface area contributed by atoms with E-state index < -0.39 is 5.82 Å². The highest BCUT2D eigenvalue weighted by Gasteiger charge is 2.28. The molecule has 2 aromatic rings. The fourth-order valence-electron chi connectivity index (χ4n) is 3.47. The second kappa shape index (κ2) is 10.9. The van der Waals surface area contributed by atoms with E-state index in [4.69, 9.17) is 0 Å². The van der Waals surface area contributed by atoms with Gasteiger partial charge in [0.15, 0.2) is 0 Å². The molecule has 1 aromatic carbocycles. The first-order valence-corrected chi connectivity index (χ1v) is 9.53. The van der Waals surface area contributed by atoms with Gasteiger partial charge < -0.3 is 15.5 Å². The van der Waals surface area contributed by atoms with Crippen LogP contribution in [0.25, 0.3) is 0 Å². The van der Waals surface area contributed by atoms with E-state index in [1.165, 1.54) is 25.1 Å². The fourth-order valence-corrected chi connectivity index (χ4v) is 3.47. The molecule has 6 nitrogen and oxygen atoms in total. The van der Waals surface area contributed by atoms with Gasteiger partial charge >= 0.3 is 0 Å². The third-order valence-electron chi connectivity index (χ3n) is 4.82.